The van der Waals surface area contributed by atoms with Crippen molar-refractivity contribution < 1.29 is 19.2 Å². The maximum absolute atomic E-state index is 11.1. The number of rotatable bonds is 5. The highest BCUT2D eigenvalue weighted by Crippen LogP contribution is 2.34. The van der Waals surface area contributed by atoms with Crippen LogP contribution in [0.4, 0.5) is 0 Å². The van der Waals surface area contributed by atoms with E-state index in [0.717, 1.165) is 4.88 Å². The summed E-state index contributed by atoms with van der Waals surface area (Å²) in [5.41, 5.74) is 0. The minimum absolute atomic E-state index is 0.0883. The molecule has 2 aromatic rings. The number of carboxylic acids is 1. The summed E-state index contributed by atoms with van der Waals surface area (Å²) in [5, 5.41) is 12.7. The molecule has 2 rings (SSSR count). The molecule has 0 saturated heterocycles. The Bertz CT molecular complexity index is 533. The maximum Gasteiger partial charge on any atom is 0.349 e. The molecule has 6 nitrogen and oxygen atoms in total. The normalized spacial score (nSPS) is 10.8. The van der Waals surface area contributed by atoms with E-state index < -0.39 is 5.97 Å². The van der Waals surface area contributed by atoms with Crippen molar-refractivity contribution >= 4 is 17.3 Å². The number of carboxylic acid groups (broad SMARTS) is 1. The van der Waals surface area contributed by atoms with Gasteiger partial charge in [0.05, 0.1) is 0 Å². The second kappa shape index (κ2) is 5.18. The summed E-state index contributed by atoms with van der Waals surface area (Å²) in [6.07, 6.45) is 1.20. The highest BCUT2D eigenvalue weighted by molar-refractivity contribution is 7.14. The van der Waals surface area contributed by atoms with Gasteiger partial charge >= 0.3 is 5.97 Å². The predicted octanol–water partition coefficient (Wildman–Crippen LogP) is 2.53. The van der Waals surface area contributed by atoms with Crippen molar-refractivity contribution in [2.45, 2.75) is 26.4 Å². The van der Waals surface area contributed by atoms with Gasteiger partial charge in [-0.2, -0.15) is 4.98 Å². The van der Waals surface area contributed by atoms with Crippen LogP contribution in [-0.2, 0) is 6.61 Å². The number of aromatic nitrogens is 2. The first kappa shape index (κ1) is 12.6. The first-order valence-corrected chi connectivity index (χ1v) is 6.14. The molecule has 0 aliphatic rings. The van der Waals surface area contributed by atoms with Crippen molar-refractivity contribution in [1.29, 1.82) is 0 Å². The van der Waals surface area contributed by atoms with E-state index in [1.165, 1.54) is 17.7 Å². The third-order valence-corrected chi connectivity index (χ3v) is 3.65. The summed E-state index contributed by atoms with van der Waals surface area (Å²) in [4.78, 5) is 16.1. The lowest BCUT2D eigenvalue weighted by Gasteiger charge is -2.01. The molecule has 7 heteroatoms. The zero-order valence-corrected chi connectivity index (χ0v) is 10.7. The van der Waals surface area contributed by atoms with Gasteiger partial charge in [0.1, 0.15) is 5.75 Å². The van der Waals surface area contributed by atoms with E-state index in [4.69, 9.17) is 9.84 Å². The van der Waals surface area contributed by atoms with Gasteiger partial charge in [0.25, 0.3) is 0 Å². The van der Waals surface area contributed by atoms with E-state index in [0.29, 0.717) is 11.6 Å². The summed E-state index contributed by atoms with van der Waals surface area (Å²) in [6.45, 7) is 4.09. The fraction of sp³-hybridized carbons (Fsp3) is 0.364. The number of nitrogens with zero attached hydrogens (tertiary/aromatic N) is 2. The van der Waals surface area contributed by atoms with E-state index in [1.807, 2.05) is 13.8 Å². The second-order valence-corrected chi connectivity index (χ2v) is 5.02. The van der Waals surface area contributed by atoms with E-state index in [9.17, 15) is 4.79 Å². The van der Waals surface area contributed by atoms with Gasteiger partial charge in [-0.05, 0) is 12.0 Å². The Balaban J connectivity index is 2.17. The molecule has 0 atom stereocenters. The fourth-order valence-corrected chi connectivity index (χ4v) is 2.27. The Hall–Kier alpha value is -1.89. The van der Waals surface area contributed by atoms with E-state index in [1.54, 1.807) is 6.07 Å². The van der Waals surface area contributed by atoms with Crippen LogP contribution in [0, 0.1) is 0 Å². The highest BCUT2D eigenvalue weighted by atomic mass is 32.1. The SMILES string of the molecule is CC(C)c1cc(OCc2ncon2)c(C(=O)O)s1. The summed E-state index contributed by atoms with van der Waals surface area (Å²) < 4.78 is 9.99. The van der Waals surface area contributed by atoms with Gasteiger partial charge in [0.15, 0.2) is 11.5 Å². The molecule has 0 amide bonds. The van der Waals surface area contributed by atoms with Crippen molar-refractivity contribution in [2.75, 3.05) is 0 Å². The Kier molecular flexibility index (Phi) is 3.61. The zero-order valence-electron chi connectivity index (χ0n) is 9.91. The van der Waals surface area contributed by atoms with Gasteiger partial charge in [-0.25, -0.2) is 4.79 Å². The standard InChI is InChI=1S/C11H12N2O4S/c1-6(2)8-3-7(10(18-8)11(14)15)16-4-9-12-5-17-13-9/h3,5-6H,4H2,1-2H3,(H,14,15). The fourth-order valence-electron chi connectivity index (χ4n) is 1.33. The van der Waals surface area contributed by atoms with E-state index in [2.05, 4.69) is 14.7 Å². The molecule has 0 unspecified atom stereocenters. The first-order valence-electron chi connectivity index (χ1n) is 5.33. The second-order valence-electron chi connectivity index (χ2n) is 3.94. The van der Waals surface area contributed by atoms with Crippen LogP contribution in [0.15, 0.2) is 17.0 Å². The molecule has 0 bridgehead atoms. The van der Waals surface area contributed by atoms with Crippen LogP contribution in [-0.4, -0.2) is 21.2 Å². The smallest absolute Gasteiger partial charge is 0.349 e. The van der Waals surface area contributed by atoms with Crippen LogP contribution in [0.5, 0.6) is 5.75 Å². The Morgan fingerprint density at radius 2 is 2.39 bits per heavy atom. The number of hydrogen-bond donors (Lipinski definition) is 1. The number of ether oxygens (including phenoxy) is 1. The van der Waals surface area contributed by atoms with Crippen molar-refractivity contribution in [3.8, 4) is 5.75 Å². The van der Waals surface area contributed by atoms with Crippen molar-refractivity contribution in [3.05, 3.63) is 28.0 Å². The molecule has 0 aliphatic heterocycles. The minimum atomic E-state index is -0.991. The van der Waals surface area contributed by atoms with Crippen molar-refractivity contribution in [1.82, 2.24) is 10.1 Å². The van der Waals surface area contributed by atoms with Gasteiger partial charge in [-0.15, -0.1) is 11.3 Å². The third-order valence-electron chi connectivity index (χ3n) is 2.24. The molecule has 2 heterocycles. The number of carbonyl (C=O) groups is 1. The molecule has 0 fully saturated rings. The average molecular weight is 268 g/mol. The van der Waals surface area contributed by atoms with Crippen LogP contribution >= 0.6 is 11.3 Å². The molecular formula is C11H12N2O4S. The monoisotopic (exact) mass is 268 g/mol. The molecule has 0 spiro atoms. The van der Waals surface area contributed by atoms with Gasteiger partial charge < -0.3 is 14.4 Å². The largest absolute Gasteiger partial charge is 0.484 e. The molecule has 18 heavy (non-hydrogen) atoms. The molecule has 96 valence electrons. The number of hydrogen-bond acceptors (Lipinski definition) is 6. The maximum atomic E-state index is 11.1. The first-order chi connectivity index (χ1) is 8.58. The van der Waals surface area contributed by atoms with Crippen molar-refractivity contribution in [3.63, 3.8) is 0 Å². The van der Waals surface area contributed by atoms with Gasteiger partial charge in [0.2, 0.25) is 12.2 Å². The quantitative estimate of drug-likeness (QED) is 0.896. The summed E-state index contributed by atoms with van der Waals surface area (Å²) in [7, 11) is 0. The minimum Gasteiger partial charge on any atom is -0.484 e. The van der Waals surface area contributed by atoms with Crippen LogP contribution in [0.1, 0.15) is 40.1 Å². The zero-order chi connectivity index (χ0) is 13.1. The van der Waals surface area contributed by atoms with E-state index in [-0.39, 0.29) is 17.4 Å². The molecular weight excluding hydrogens is 256 g/mol. The van der Waals surface area contributed by atoms with Gasteiger partial charge in [-0.1, -0.05) is 19.0 Å². The van der Waals surface area contributed by atoms with Gasteiger partial charge in [-0.3, -0.25) is 0 Å². The topological polar surface area (TPSA) is 85.5 Å². The lowest BCUT2D eigenvalue weighted by molar-refractivity contribution is 0.0697. The number of aromatic carboxylic acids is 1. The average Bonchev–Trinajstić information content (AvgIpc) is 2.95. The lowest BCUT2D eigenvalue weighted by atomic mass is 10.2. The Labute approximate surface area is 107 Å². The molecule has 0 aromatic carbocycles. The summed E-state index contributed by atoms with van der Waals surface area (Å²) >= 11 is 1.22. The predicted molar refractivity (Wildman–Crippen MR) is 64.0 cm³/mol. The lowest BCUT2D eigenvalue weighted by Crippen LogP contribution is -2.01. The third kappa shape index (κ3) is 2.67. The van der Waals surface area contributed by atoms with Crippen LogP contribution in [0.3, 0.4) is 0 Å². The van der Waals surface area contributed by atoms with Crippen LogP contribution < -0.4 is 4.74 Å². The molecule has 0 saturated carbocycles. The molecule has 0 aliphatic carbocycles. The summed E-state index contributed by atoms with van der Waals surface area (Å²) in [6, 6.07) is 1.75. The van der Waals surface area contributed by atoms with Crippen molar-refractivity contribution in [2.24, 2.45) is 0 Å². The van der Waals surface area contributed by atoms with Gasteiger partial charge in [0, 0.05) is 4.88 Å². The molecule has 0 radical (unpaired) electrons. The molecule has 2 aromatic heterocycles. The summed E-state index contributed by atoms with van der Waals surface area (Å²) in [5.74, 6) is -0.00438. The van der Waals surface area contributed by atoms with Crippen LogP contribution in [0.2, 0.25) is 0 Å². The van der Waals surface area contributed by atoms with E-state index >= 15 is 0 Å². The highest BCUT2D eigenvalue weighted by Gasteiger charge is 2.18. The molecule has 1 N–H and O–H groups in total. The Morgan fingerprint density at radius 1 is 1.61 bits per heavy atom. The Morgan fingerprint density at radius 3 is 2.94 bits per heavy atom. The number of thiophene rings is 1. The van der Waals surface area contributed by atoms with Crippen LogP contribution in [0.25, 0.3) is 0 Å².